The van der Waals surface area contributed by atoms with Crippen LogP contribution in [0.4, 0.5) is 0 Å². The molecule has 1 N–H and O–H groups in total. The number of nitrogens with one attached hydrogen (secondary N) is 1. The number of methoxy groups -OCH3 is 1. The van der Waals surface area contributed by atoms with Gasteiger partial charge < -0.3 is 14.8 Å². The number of benzene rings is 2. The Labute approximate surface area is 188 Å². The van der Waals surface area contributed by atoms with Gasteiger partial charge in [-0.25, -0.2) is 9.79 Å². The van der Waals surface area contributed by atoms with Gasteiger partial charge in [0.1, 0.15) is 18.1 Å². The van der Waals surface area contributed by atoms with Crippen LogP contribution in [-0.2, 0) is 20.9 Å². The highest BCUT2D eigenvalue weighted by Crippen LogP contribution is 2.43. The summed E-state index contributed by atoms with van der Waals surface area (Å²) in [5.74, 6) is -0.665. The third-order valence-electron chi connectivity index (χ3n) is 5.96. The van der Waals surface area contributed by atoms with Crippen LogP contribution in [-0.4, -0.2) is 30.7 Å². The van der Waals surface area contributed by atoms with E-state index in [9.17, 15) is 9.59 Å². The summed E-state index contributed by atoms with van der Waals surface area (Å²) in [7, 11) is 1.35. The van der Waals surface area contributed by atoms with Crippen molar-refractivity contribution in [2.75, 3.05) is 7.11 Å². The molecule has 0 saturated heterocycles. The highest BCUT2D eigenvalue weighted by Gasteiger charge is 2.40. The van der Waals surface area contributed by atoms with E-state index in [2.05, 4.69) is 10.3 Å². The molecule has 32 heavy (non-hydrogen) atoms. The summed E-state index contributed by atoms with van der Waals surface area (Å²) in [5.41, 5.74) is 3.33. The average Bonchev–Trinajstić information content (AvgIpc) is 3.63. The predicted octanol–water partition coefficient (Wildman–Crippen LogP) is 4.17. The first-order valence-corrected chi connectivity index (χ1v) is 10.9. The van der Waals surface area contributed by atoms with Gasteiger partial charge in [-0.2, -0.15) is 0 Å². The Morgan fingerprint density at radius 2 is 1.75 bits per heavy atom. The van der Waals surface area contributed by atoms with Gasteiger partial charge in [-0.1, -0.05) is 55.5 Å². The summed E-state index contributed by atoms with van der Waals surface area (Å²) >= 11 is 0. The Morgan fingerprint density at radius 3 is 2.44 bits per heavy atom. The van der Waals surface area contributed by atoms with E-state index in [1.165, 1.54) is 7.11 Å². The zero-order chi connectivity index (χ0) is 22.7. The van der Waals surface area contributed by atoms with E-state index in [1.807, 2.05) is 61.5 Å². The lowest BCUT2D eigenvalue weighted by Gasteiger charge is -2.32. The number of aliphatic imine (C=N–C) groups is 1. The zero-order valence-electron chi connectivity index (χ0n) is 18.6. The molecule has 0 radical (unpaired) electrons. The molecule has 0 aromatic heterocycles. The Bertz CT molecular complexity index is 1070. The second-order valence-corrected chi connectivity index (χ2v) is 8.31. The van der Waals surface area contributed by atoms with Gasteiger partial charge in [0.25, 0.3) is 0 Å². The molecule has 4 rings (SSSR count). The number of amides is 1. The molecule has 2 aromatic rings. The fraction of sp³-hybridized carbons (Fsp3) is 0.346. The molecule has 1 aliphatic carbocycles. The lowest BCUT2D eigenvalue weighted by molar-refractivity contribution is -0.133. The van der Waals surface area contributed by atoms with Gasteiger partial charge in [0.05, 0.1) is 7.11 Å². The number of carbonyl (C=O) groups is 2. The first-order chi connectivity index (χ1) is 15.5. The Kier molecular flexibility index (Phi) is 6.40. The minimum Gasteiger partial charge on any atom is -0.489 e. The van der Waals surface area contributed by atoms with Crippen molar-refractivity contribution in [1.29, 1.82) is 0 Å². The molecule has 1 heterocycles. The molecule has 1 fully saturated rings. The first kappa shape index (κ1) is 21.8. The third-order valence-corrected chi connectivity index (χ3v) is 5.96. The van der Waals surface area contributed by atoms with Gasteiger partial charge in [-0.15, -0.1) is 0 Å². The van der Waals surface area contributed by atoms with Crippen LogP contribution in [0, 0.1) is 5.92 Å². The Balaban J connectivity index is 1.73. The Hall–Kier alpha value is -3.41. The lowest BCUT2D eigenvalue weighted by atomic mass is 9.75. The van der Waals surface area contributed by atoms with Gasteiger partial charge in [0.2, 0.25) is 5.91 Å². The SMILES string of the molecule is COC(=O)C1=NC(C)=C(C(=O)NC2CC2)C(c2ccccc2OCc2ccccc2)C1C. The summed E-state index contributed by atoms with van der Waals surface area (Å²) in [4.78, 5) is 30.2. The molecule has 2 aromatic carbocycles. The standard InChI is InChI=1S/C26H28N2O4/c1-16-22(20-11-7-8-12-21(20)32-15-18-9-5-4-6-10-18)23(25(29)28-19-13-14-19)17(2)27-24(16)26(30)31-3/h4-12,16,19,22H,13-15H2,1-3H3,(H,28,29). The van der Waals surface area contributed by atoms with E-state index in [0.717, 1.165) is 24.0 Å². The van der Waals surface area contributed by atoms with Crippen molar-refractivity contribution in [2.24, 2.45) is 10.9 Å². The molecule has 1 amide bonds. The van der Waals surface area contributed by atoms with Crippen molar-refractivity contribution in [3.63, 3.8) is 0 Å². The molecule has 6 nitrogen and oxygen atoms in total. The van der Waals surface area contributed by atoms with Crippen LogP contribution >= 0.6 is 0 Å². The van der Waals surface area contributed by atoms with Gasteiger partial charge in [0, 0.05) is 34.7 Å². The molecule has 6 heteroatoms. The van der Waals surface area contributed by atoms with Crippen molar-refractivity contribution in [3.05, 3.63) is 77.0 Å². The number of rotatable bonds is 7. The van der Waals surface area contributed by atoms with E-state index >= 15 is 0 Å². The summed E-state index contributed by atoms with van der Waals surface area (Å²) in [6, 6.07) is 17.8. The minimum absolute atomic E-state index is 0.132. The molecule has 2 atom stereocenters. The van der Waals surface area contributed by atoms with Crippen molar-refractivity contribution < 1.29 is 19.1 Å². The largest absolute Gasteiger partial charge is 0.489 e. The first-order valence-electron chi connectivity index (χ1n) is 10.9. The highest BCUT2D eigenvalue weighted by molar-refractivity contribution is 6.38. The molecule has 1 aliphatic heterocycles. The van der Waals surface area contributed by atoms with E-state index in [0.29, 0.717) is 29.3 Å². The van der Waals surface area contributed by atoms with Crippen molar-refractivity contribution in [3.8, 4) is 5.75 Å². The normalized spacial score (nSPS) is 20.4. The van der Waals surface area contributed by atoms with Crippen LogP contribution in [0.1, 0.15) is 43.7 Å². The number of esters is 1. The van der Waals surface area contributed by atoms with Crippen molar-refractivity contribution in [2.45, 2.75) is 45.3 Å². The fourth-order valence-electron chi connectivity index (χ4n) is 4.14. The topological polar surface area (TPSA) is 77.0 Å². The summed E-state index contributed by atoms with van der Waals surface area (Å²) in [5, 5.41) is 3.09. The second-order valence-electron chi connectivity index (χ2n) is 8.31. The van der Waals surface area contributed by atoms with Gasteiger partial charge >= 0.3 is 5.97 Å². The fourth-order valence-corrected chi connectivity index (χ4v) is 4.14. The lowest BCUT2D eigenvalue weighted by Crippen LogP contribution is -2.38. The molecule has 0 spiro atoms. The van der Waals surface area contributed by atoms with Crippen molar-refractivity contribution >= 4 is 17.6 Å². The van der Waals surface area contributed by atoms with Gasteiger partial charge in [-0.05, 0) is 31.4 Å². The number of nitrogens with zero attached hydrogens (tertiary/aromatic N) is 1. The molecule has 2 aliphatic rings. The van der Waals surface area contributed by atoms with E-state index in [-0.39, 0.29) is 23.8 Å². The number of allylic oxidation sites excluding steroid dienone is 1. The minimum atomic E-state index is -0.480. The summed E-state index contributed by atoms with van der Waals surface area (Å²) in [6.07, 6.45) is 1.98. The second kappa shape index (κ2) is 9.39. The zero-order valence-corrected chi connectivity index (χ0v) is 18.6. The third kappa shape index (κ3) is 4.59. The number of para-hydroxylation sites is 1. The van der Waals surface area contributed by atoms with Crippen LogP contribution in [0.25, 0.3) is 0 Å². The smallest absolute Gasteiger partial charge is 0.352 e. The van der Waals surface area contributed by atoms with E-state index in [4.69, 9.17) is 9.47 Å². The molecule has 2 unspecified atom stereocenters. The molecular weight excluding hydrogens is 404 g/mol. The average molecular weight is 433 g/mol. The monoisotopic (exact) mass is 432 g/mol. The number of carbonyl (C=O) groups excluding carboxylic acids is 2. The van der Waals surface area contributed by atoms with Crippen LogP contribution < -0.4 is 10.1 Å². The van der Waals surface area contributed by atoms with E-state index in [1.54, 1.807) is 6.92 Å². The highest BCUT2D eigenvalue weighted by atomic mass is 16.5. The number of hydrogen-bond donors (Lipinski definition) is 1. The maximum Gasteiger partial charge on any atom is 0.352 e. The van der Waals surface area contributed by atoms with Crippen LogP contribution in [0.5, 0.6) is 5.75 Å². The van der Waals surface area contributed by atoms with Crippen LogP contribution in [0.2, 0.25) is 0 Å². The summed E-state index contributed by atoms with van der Waals surface area (Å²) < 4.78 is 11.2. The van der Waals surface area contributed by atoms with Crippen molar-refractivity contribution in [1.82, 2.24) is 5.32 Å². The molecular formula is C26H28N2O4. The van der Waals surface area contributed by atoms with Gasteiger partial charge in [0.15, 0.2) is 0 Å². The number of hydrogen-bond acceptors (Lipinski definition) is 5. The maximum atomic E-state index is 13.2. The van der Waals surface area contributed by atoms with Gasteiger partial charge in [-0.3, -0.25) is 4.79 Å². The Morgan fingerprint density at radius 1 is 1.06 bits per heavy atom. The predicted molar refractivity (Wildman–Crippen MR) is 122 cm³/mol. The molecule has 1 saturated carbocycles. The quantitative estimate of drug-likeness (QED) is 0.667. The summed E-state index contributed by atoms with van der Waals surface area (Å²) in [6.45, 7) is 4.09. The van der Waals surface area contributed by atoms with Crippen LogP contribution in [0.3, 0.4) is 0 Å². The molecule has 166 valence electrons. The van der Waals surface area contributed by atoms with E-state index < -0.39 is 5.97 Å². The number of ether oxygens (including phenoxy) is 2. The maximum absolute atomic E-state index is 13.2. The molecule has 0 bridgehead atoms. The van der Waals surface area contributed by atoms with Crippen LogP contribution in [0.15, 0.2) is 70.9 Å².